The van der Waals surface area contributed by atoms with Crippen molar-refractivity contribution in [3.8, 4) is 11.5 Å². The van der Waals surface area contributed by atoms with Gasteiger partial charge in [-0.2, -0.15) is 0 Å². The maximum atomic E-state index is 5.29. The van der Waals surface area contributed by atoms with E-state index in [4.69, 9.17) is 9.47 Å². The number of methoxy groups -OCH3 is 2. The fourth-order valence-electron chi connectivity index (χ4n) is 1.70. The van der Waals surface area contributed by atoms with Crippen molar-refractivity contribution in [2.45, 2.75) is 6.42 Å². The standard InChI is InChI=1S/C13H16N2O2S/c1-14-13-15-8-10(18-13)6-9-4-5-11(16-2)12(7-9)17-3/h4-5,7-8H,6H2,1-3H3,(H,14,15). The van der Waals surface area contributed by atoms with Gasteiger partial charge in [-0.15, -0.1) is 11.3 Å². The summed E-state index contributed by atoms with van der Waals surface area (Å²) in [6.07, 6.45) is 2.74. The van der Waals surface area contributed by atoms with E-state index in [0.717, 1.165) is 23.1 Å². The molecule has 2 aromatic rings. The molecule has 96 valence electrons. The zero-order chi connectivity index (χ0) is 13.0. The molecule has 0 unspecified atom stereocenters. The molecule has 0 bridgehead atoms. The number of hydrogen-bond acceptors (Lipinski definition) is 5. The number of thiazole rings is 1. The molecule has 0 fully saturated rings. The monoisotopic (exact) mass is 264 g/mol. The molecule has 0 radical (unpaired) electrons. The van der Waals surface area contributed by atoms with Crippen molar-refractivity contribution in [1.29, 1.82) is 0 Å². The molecule has 1 aromatic carbocycles. The second-order valence-electron chi connectivity index (χ2n) is 3.75. The van der Waals surface area contributed by atoms with Crippen molar-refractivity contribution in [3.63, 3.8) is 0 Å². The lowest BCUT2D eigenvalue weighted by Crippen LogP contribution is -1.92. The van der Waals surface area contributed by atoms with Crippen LogP contribution in [0.3, 0.4) is 0 Å². The van der Waals surface area contributed by atoms with Crippen LogP contribution in [0.5, 0.6) is 11.5 Å². The Balaban J connectivity index is 2.18. The molecular formula is C13H16N2O2S. The van der Waals surface area contributed by atoms with Crippen LogP contribution in [0.25, 0.3) is 0 Å². The quantitative estimate of drug-likeness (QED) is 0.902. The number of rotatable bonds is 5. The molecule has 0 saturated heterocycles. The second-order valence-corrected chi connectivity index (χ2v) is 4.86. The molecule has 0 aliphatic carbocycles. The van der Waals surface area contributed by atoms with Crippen LogP contribution in [-0.2, 0) is 6.42 Å². The summed E-state index contributed by atoms with van der Waals surface area (Å²) in [6, 6.07) is 5.96. The first kappa shape index (κ1) is 12.7. The Bertz CT molecular complexity index is 525. The number of nitrogens with one attached hydrogen (secondary N) is 1. The Morgan fingerprint density at radius 2 is 2.00 bits per heavy atom. The lowest BCUT2D eigenvalue weighted by Gasteiger charge is -2.08. The van der Waals surface area contributed by atoms with Gasteiger partial charge >= 0.3 is 0 Å². The first-order valence-electron chi connectivity index (χ1n) is 5.60. The number of anilines is 1. The summed E-state index contributed by atoms with van der Waals surface area (Å²) in [4.78, 5) is 5.47. The highest BCUT2D eigenvalue weighted by Crippen LogP contribution is 2.29. The second kappa shape index (κ2) is 5.73. The molecule has 4 nitrogen and oxygen atoms in total. The Labute approximate surface area is 111 Å². The van der Waals surface area contributed by atoms with Crippen LogP contribution in [0.4, 0.5) is 5.13 Å². The lowest BCUT2D eigenvalue weighted by molar-refractivity contribution is 0.354. The van der Waals surface area contributed by atoms with Gasteiger partial charge in [0.05, 0.1) is 14.2 Å². The van der Waals surface area contributed by atoms with Gasteiger partial charge in [-0.25, -0.2) is 4.98 Å². The van der Waals surface area contributed by atoms with Crippen LogP contribution in [0.2, 0.25) is 0 Å². The van der Waals surface area contributed by atoms with Crippen molar-refractivity contribution in [2.75, 3.05) is 26.6 Å². The zero-order valence-electron chi connectivity index (χ0n) is 10.7. The Morgan fingerprint density at radius 3 is 2.61 bits per heavy atom. The summed E-state index contributed by atoms with van der Waals surface area (Å²) in [6.45, 7) is 0. The van der Waals surface area contributed by atoms with Crippen LogP contribution in [0, 0.1) is 0 Å². The Morgan fingerprint density at radius 1 is 1.22 bits per heavy atom. The molecule has 1 aromatic heterocycles. The number of benzene rings is 1. The number of hydrogen-bond donors (Lipinski definition) is 1. The van der Waals surface area contributed by atoms with Gasteiger partial charge in [0.15, 0.2) is 16.6 Å². The SMILES string of the molecule is CNc1ncc(Cc2ccc(OC)c(OC)c2)s1. The third kappa shape index (κ3) is 2.73. The summed E-state index contributed by atoms with van der Waals surface area (Å²) >= 11 is 1.66. The molecular weight excluding hydrogens is 248 g/mol. The van der Waals surface area contributed by atoms with E-state index in [1.54, 1.807) is 25.6 Å². The highest BCUT2D eigenvalue weighted by atomic mass is 32.1. The van der Waals surface area contributed by atoms with Crippen molar-refractivity contribution in [2.24, 2.45) is 0 Å². The summed E-state index contributed by atoms with van der Waals surface area (Å²) in [5.41, 5.74) is 1.18. The maximum absolute atomic E-state index is 5.29. The van der Waals surface area contributed by atoms with Gasteiger partial charge in [0.1, 0.15) is 0 Å². The summed E-state index contributed by atoms with van der Waals surface area (Å²) < 4.78 is 10.5. The van der Waals surface area contributed by atoms with Crippen molar-refractivity contribution in [1.82, 2.24) is 4.98 Å². The molecule has 18 heavy (non-hydrogen) atoms. The molecule has 0 amide bonds. The van der Waals surface area contributed by atoms with E-state index in [0.29, 0.717) is 0 Å². The molecule has 0 atom stereocenters. The Kier molecular flexibility index (Phi) is 4.04. The fourth-order valence-corrected chi connectivity index (χ4v) is 2.50. The Hall–Kier alpha value is -1.75. The van der Waals surface area contributed by atoms with E-state index in [2.05, 4.69) is 10.3 Å². The molecule has 5 heteroatoms. The normalized spacial score (nSPS) is 10.2. The van der Waals surface area contributed by atoms with Gasteiger partial charge in [-0.1, -0.05) is 6.07 Å². The van der Waals surface area contributed by atoms with E-state index in [-0.39, 0.29) is 0 Å². The van der Waals surface area contributed by atoms with Gasteiger partial charge in [-0.05, 0) is 17.7 Å². The van der Waals surface area contributed by atoms with Crippen LogP contribution >= 0.6 is 11.3 Å². The van der Waals surface area contributed by atoms with Crippen LogP contribution in [-0.4, -0.2) is 26.3 Å². The smallest absolute Gasteiger partial charge is 0.182 e. The topological polar surface area (TPSA) is 43.4 Å². The first-order chi connectivity index (χ1) is 8.76. The van der Waals surface area contributed by atoms with Crippen LogP contribution in [0.15, 0.2) is 24.4 Å². The van der Waals surface area contributed by atoms with E-state index in [9.17, 15) is 0 Å². The van der Waals surface area contributed by atoms with Crippen molar-refractivity contribution < 1.29 is 9.47 Å². The molecule has 1 heterocycles. The predicted octanol–water partition coefficient (Wildman–Crippen LogP) is 2.79. The van der Waals surface area contributed by atoms with E-state index < -0.39 is 0 Å². The van der Waals surface area contributed by atoms with E-state index >= 15 is 0 Å². The van der Waals surface area contributed by atoms with Crippen molar-refractivity contribution in [3.05, 3.63) is 34.8 Å². The van der Waals surface area contributed by atoms with E-state index in [1.807, 2.05) is 31.4 Å². The third-order valence-electron chi connectivity index (χ3n) is 2.59. The summed E-state index contributed by atoms with van der Waals surface area (Å²) in [5, 5.41) is 3.97. The van der Waals surface area contributed by atoms with Gasteiger partial charge in [0.25, 0.3) is 0 Å². The lowest BCUT2D eigenvalue weighted by atomic mass is 10.1. The molecule has 0 aliphatic rings. The molecule has 0 aliphatic heterocycles. The van der Waals surface area contributed by atoms with Crippen LogP contribution in [0.1, 0.15) is 10.4 Å². The van der Waals surface area contributed by atoms with Gasteiger partial charge < -0.3 is 14.8 Å². The zero-order valence-corrected chi connectivity index (χ0v) is 11.5. The van der Waals surface area contributed by atoms with Crippen molar-refractivity contribution >= 4 is 16.5 Å². The van der Waals surface area contributed by atoms with Crippen LogP contribution < -0.4 is 14.8 Å². The van der Waals surface area contributed by atoms with Gasteiger partial charge in [-0.3, -0.25) is 0 Å². The highest BCUT2D eigenvalue weighted by Gasteiger charge is 2.07. The van der Waals surface area contributed by atoms with Gasteiger partial charge in [0, 0.05) is 24.5 Å². The average molecular weight is 264 g/mol. The minimum Gasteiger partial charge on any atom is -0.493 e. The van der Waals surface area contributed by atoms with E-state index in [1.165, 1.54) is 10.4 Å². The molecule has 0 spiro atoms. The third-order valence-corrected chi connectivity index (χ3v) is 3.61. The molecule has 1 N–H and O–H groups in total. The average Bonchev–Trinajstić information content (AvgIpc) is 2.86. The minimum atomic E-state index is 0.751. The summed E-state index contributed by atoms with van der Waals surface area (Å²) in [7, 11) is 5.16. The highest BCUT2D eigenvalue weighted by molar-refractivity contribution is 7.15. The first-order valence-corrected chi connectivity index (χ1v) is 6.42. The minimum absolute atomic E-state index is 0.751. The molecule has 2 rings (SSSR count). The largest absolute Gasteiger partial charge is 0.493 e. The number of aromatic nitrogens is 1. The number of ether oxygens (including phenoxy) is 2. The van der Waals surface area contributed by atoms with Gasteiger partial charge in [0.2, 0.25) is 0 Å². The summed E-state index contributed by atoms with van der Waals surface area (Å²) in [5.74, 6) is 1.51. The fraction of sp³-hybridized carbons (Fsp3) is 0.308. The number of nitrogens with zero attached hydrogens (tertiary/aromatic N) is 1. The predicted molar refractivity (Wildman–Crippen MR) is 74.0 cm³/mol. The molecule has 0 saturated carbocycles. The maximum Gasteiger partial charge on any atom is 0.182 e.